The van der Waals surface area contributed by atoms with E-state index in [1.807, 2.05) is 19.1 Å². The lowest BCUT2D eigenvalue weighted by molar-refractivity contribution is -0.138. The summed E-state index contributed by atoms with van der Waals surface area (Å²) in [7, 11) is 0. The second-order valence-corrected chi connectivity index (χ2v) is 11.6. The van der Waals surface area contributed by atoms with Gasteiger partial charge in [-0.25, -0.2) is 4.79 Å². The molecular formula is C30H37NO3. The van der Waals surface area contributed by atoms with Crippen LogP contribution in [0.5, 0.6) is 0 Å². The Morgan fingerprint density at radius 3 is 2.74 bits per heavy atom. The van der Waals surface area contributed by atoms with Crippen molar-refractivity contribution in [2.24, 2.45) is 28.6 Å². The van der Waals surface area contributed by atoms with E-state index >= 15 is 0 Å². The van der Waals surface area contributed by atoms with Crippen LogP contribution in [0.15, 0.2) is 56.8 Å². The van der Waals surface area contributed by atoms with Crippen LogP contribution >= 0.6 is 0 Å². The Labute approximate surface area is 202 Å². The van der Waals surface area contributed by atoms with Crippen LogP contribution in [0.4, 0.5) is 5.69 Å². The quantitative estimate of drug-likeness (QED) is 0.495. The number of rotatable bonds is 3. The van der Waals surface area contributed by atoms with Gasteiger partial charge in [0, 0.05) is 23.2 Å². The fraction of sp³-hybridized carbons (Fsp3) is 0.533. The first kappa shape index (κ1) is 23.1. The molecule has 34 heavy (non-hydrogen) atoms. The number of carbonyl (C=O) groups excluding carboxylic acids is 1. The zero-order chi connectivity index (χ0) is 24.3. The van der Waals surface area contributed by atoms with E-state index in [9.17, 15) is 9.59 Å². The Balaban J connectivity index is 1.44. The van der Waals surface area contributed by atoms with Gasteiger partial charge in [0.25, 0.3) is 0 Å². The van der Waals surface area contributed by atoms with Gasteiger partial charge in [0.2, 0.25) is 5.91 Å². The van der Waals surface area contributed by atoms with Crippen LogP contribution < -0.4 is 10.9 Å². The normalized spacial score (nSPS) is 30.9. The Hall–Kier alpha value is -2.62. The Bertz CT molecular complexity index is 1270. The van der Waals surface area contributed by atoms with Crippen LogP contribution in [-0.2, 0) is 4.79 Å². The lowest BCUT2D eigenvalue weighted by Gasteiger charge is -2.57. The Kier molecular flexibility index (Phi) is 5.61. The molecule has 4 atom stereocenters. The molecule has 0 aliphatic heterocycles. The van der Waals surface area contributed by atoms with Crippen LogP contribution in [0.3, 0.4) is 0 Å². The predicted molar refractivity (Wildman–Crippen MR) is 138 cm³/mol. The van der Waals surface area contributed by atoms with Crippen molar-refractivity contribution in [3.8, 4) is 0 Å². The molecule has 0 saturated heterocycles. The third kappa shape index (κ3) is 3.66. The first-order chi connectivity index (χ1) is 16.1. The van der Waals surface area contributed by atoms with E-state index in [4.69, 9.17) is 4.42 Å². The number of hydrogen-bond donors (Lipinski definition) is 1. The van der Waals surface area contributed by atoms with Crippen molar-refractivity contribution in [3.05, 3.63) is 63.5 Å². The number of carbonyl (C=O) groups is 1. The third-order valence-electron chi connectivity index (χ3n) is 9.31. The number of aryl methyl sites for hydroxylation is 1. The molecular weight excluding hydrogens is 422 g/mol. The maximum Gasteiger partial charge on any atom is 0.336 e. The van der Waals surface area contributed by atoms with Gasteiger partial charge in [-0.15, -0.1) is 0 Å². The Morgan fingerprint density at radius 1 is 1.18 bits per heavy atom. The van der Waals surface area contributed by atoms with Crippen molar-refractivity contribution in [1.29, 1.82) is 0 Å². The highest BCUT2D eigenvalue weighted by atomic mass is 16.4. The standard InChI is InChI=1S/C30H37NO3/c1-18(2)20-7-11-24-21(16-20)8-12-26-29(24,4)13-6-14-30(26,5)28(33)31-22-9-10-23-19(3)15-27(32)34-25(23)17-22/h8-10,15-18,24,26H,6-7,11-14H2,1-5H3,(H,31,33)/t24?,26?,29-,30-/m0/s1. The SMILES string of the molecule is Cc1cc(=O)oc2cc(NC(=O)[C@@]3(C)CCC[C@@]4(C)C5CCC(C(C)C)=CC5=CCC43)ccc12. The van der Waals surface area contributed by atoms with Crippen LogP contribution in [0, 0.1) is 35.5 Å². The first-order valence-electron chi connectivity index (χ1n) is 12.9. The molecule has 180 valence electrons. The summed E-state index contributed by atoms with van der Waals surface area (Å²) in [5.74, 6) is 1.55. The number of allylic oxidation sites excluding steroid dienone is 4. The highest BCUT2D eigenvalue weighted by Gasteiger charge is 2.56. The van der Waals surface area contributed by atoms with Gasteiger partial charge in [-0.1, -0.05) is 51.8 Å². The number of benzene rings is 1. The summed E-state index contributed by atoms with van der Waals surface area (Å²) in [5.41, 5.74) is 4.51. The molecule has 1 N–H and O–H groups in total. The van der Waals surface area contributed by atoms with Gasteiger partial charge < -0.3 is 9.73 Å². The van der Waals surface area contributed by atoms with Gasteiger partial charge in [0.15, 0.2) is 0 Å². The van der Waals surface area contributed by atoms with Gasteiger partial charge in [-0.05, 0) is 85.5 Å². The van der Waals surface area contributed by atoms with E-state index in [-0.39, 0.29) is 16.9 Å². The molecule has 0 spiro atoms. The van der Waals surface area contributed by atoms with Crippen molar-refractivity contribution < 1.29 is 9.21 Å². The van der Waals surface area contributed by atoms with Crippen molar-refractivity contribution in [2.75, 3.05) is 5.32 Å². The minimum Gasteiger partial charge on any atom is -0.423 e. The zero-order valence-corrected chi connectivity index (χ0v) is 21.2. The molecule has 2 aromatic rings. The molecule has 1 fully saturated rings. The number of hydrogen-bond acceptors (Lipinski definition) is 3. The summed E-state index contributed by atoms with van der Waals surface area (Å²) in [6.45, 7) is 11.1. The summed E-state index contributed by atoms with van der Waals surface area (Å²) in [6, 6.07) is 7.12. The van der Waals surface area contributed by atoms with Crippen LogP contribution in [0.2, 0.25) is 0 Å². The molecule has 0 radical (unpaired) electrons. The summed E-state index contributed by atoms with van der Waals surface area (Å²) >= 11 is 0. The molecule has 1 saturated carbocycles. The lowest BCUT2D eigenvalue weighted by Crippen LogP contribution is -2.54. The van der Waals surface area contributed by atoms with Gasteiger partial charge in [0.05, 0.1) is 5.41 Å². The fourth-order valence-electron chi connectivity index (χ4n) is 7.29. The minimum absolute atomic E-state index is 0.0869. The molecule has 1 heterocycles. The topological polar surface area (TPSA) is 59.3 Å². The maximum absolute atomic E-state index is 13.8. The number of nitrogens with one attached hydrogen (secondary N) is 1. The van der Waals surface area contributed by atoms with E-state index in [0.29, 0.717) is 29.0 Å². The number of amides is 1. The summed E-state index contributed by atoms with van der Waals surface area (Å²) in [6.07, 6.45) is 11.4. The molecule has 4 heteroatoms. The van der Waals surface area contributed by atoms with E-state index in [1.54, 1.807) is 11.6 Å². The molecule has 1 amide bonds. The second-order valence-electron chi connectivity index (χ2n) is 11.6. The first-order valence-corrected chi connectivity index (χ1v) is 12.9. The van der Waals surface area contributed by atoms with E-state index in [1.165, 1.54) is 30.9 Å². The van der Waals surface area contributed by atoms with Crippen molar-refractivity contribution >= 4 is 22.6 Å². The van der Waals surface area contributed by atoms with Gasteiger partial charge in [-0.2, -0.15) is 0 Å². The molecule has 2 unspecified atom stereocenters. The van der Waals surface area contributed by atoms with Crippen LogP contribution in [0.25, 0.3) is 11.0 Å². The number of fused-ring (bicyclic) bond motifs is 4. The smallest absolute Gasteiger partial charge is 0.336 e. The van der Waals surface area contributed by atoms with Crippen LogP contribution in [-0.4, -0.2) is 5.91 Å². The average molecular weight is 460 g/mol. The van der Waals surface area contributed by atoms with E-state index < -0.39 is 5.41 Å². The van der Waals surface area contributed by atoms with Crippen LogP contribution in [0.1, 0.15) is 71.8 Å². The summed E-state index contributed by atoms with van der Waals surface area (Å²) in [4.78, 5) is 25.7. The highest BCUT2D eigenvalue weighted by molar-refractivity contribution is 5.97. The highest BCUT2D eigenvalue weighted by Crippen LogP contribution is 2.62. The van der Waals surface area contributed by atoms with Gasteiger partial charge in [0.1, 0.15) is 5.58 Å². The molecule has 1 aromatic carbocycles. The van der Waals surface area contributed by atoms with Crippen molar-refractivity contribution in [1.82, 2.24) is 0 Å². The number of anilines is 1. The minimum atomic E-state index is -0.431. The monoisotopic (exact) mass is 459 g/mol. The molecule has 1 aromatic heterocycles. The summed E-state index contributed by atoms with van der Waals surface area (Å²) < 4.78 is 5.40. The third-order valence-corrected chi connectivity index (χ3v) is 9.31. The second kappa shape index (κ2) is 8.25. The molecule has 5 rings (SSSR count). The predicted octanol–water partition coefficient (Wildman–Crippen LogP) is 7.18. The fourth-order valence-corrected chi connectivity index (χ4v) is 7.29. The van der Waals surface area contributed by atoms with E-state index in [0.717, 1.165) is 30.2 Å². The van der Waals surface area contributed by atoms with Gasteiger partial charge >= 0.3 is 5.63 Å². The Morgan fingerprint density at radius 2 is 1.97 bits per heavy atom. The maximum atomic E-state index is 13.8. The average Bonchev–Trinajstić information content (AvgIpc) is 2.78. The van der Waals surface area contributed by atoms with E-state index in [2.05, 4.69) is 45.2 Å². The molecule has 3 aliphatic carbocycles. The van der Waals surface area contributed by atoms with Gasteiger partial charge in [-0.3, -0.25) is 4.79 Å². The molecule has 4 nitrogen and oxygen atoms in total. The molecule has 0 bridgehead atoms. The lowest BCUT2D eigenvalue weighted by atomic mass is 9.46. The zero-order valence-electron chi connectivity index (χ0n) is 21.2. The largest absolute Gasteiger partial charge is 0.423 e. The summed E-state index contributed by atoms with van der Waals surface area (Å²) in [5, 5.41) is 4.09. The molecule has 3 aliphatic rings. The van der Waals surface area contributed by atoms with Crippen molar-refractivity contribution in [2.45, 2.75) is 73.1 Å². The van der Waals surface area contributed by atoms with Crippen molar-refractivity contribution in [3.63, 3.8) is 0 Å².